The number of aromatic amines is 1. The molecule has 0 fully saturated rings. The number of aromatic nitrogens is 2. The highest BCUT2D eigenvalue weighted by Gasteiger charge is 2.33. The van der Waals surface area contributed by atoms with Gasteiger partial charge in [-0.1, -0.05) is 30.3 Å². The van der Waals surface area contributed by atoms with E-state index in [4.69, 9.17) is 0 Å². The number of halogens is 3. The van der Waals surface area contributed by atoms with Crippen molar-refractivity contribution in [1.29, 1.82) is 0 Å². The number of hydrogen-bond acceptors (Lipinski definition) is 4. The van der Waals surface area contributed by atoms with Gasteiger partial charge < -0.3 is 15.4 Å². The summed E-state index contributed by atoms with van der Waals surface area (Å²) < 4.78 is 41.1. The van der Waals surface area contributed by atoms with Gasteiger partial charge in [0.05, 0.1) is 16.6 Å². The summed E-state index contributed by atoms with van der Waals surface area (Å²) >= 11 is 0. The normalized spacial score (nSPS) is 14.7. The lowest BCUT2D eigenvalue weighted by Gasteiger charge is -2.19. The third kappa shape index (κ3) is 3.33. The van der Waals surface area contributed by atoms with Gasteiger partial charge in [-0.25, -0.2) is 0 Å². The minimum atomic E-state index is -4.61. The highest BCUT2D eigenvalue weighted by atomic mass is 19.4. The molecule has 5 rings (SSSR count). The maximum Gasteiger partial charge on any atom is 0.416 e. The predicted molar refractivity (Wildman–Crippen MR) is 117 cm³/mol. The predicted octanol–water partition coefficient (Wildman–Crippen LogP) is 4.84. The van der Waals surface area contributed by atoms with Crippen molar-refractivity contribution in [2.75, 3.05) is 13.1 Å². The fourth-order valence-electron chi connectivity index (χ4n) is 4.23. The van der Waals surface area contributed by atoms with Gasteiger partial charge in [0, 0.05) is 40.8 Å². The third-order valence-electron chi connectivity index (χ3n) is 5.77. The summed E-state index contributed by atoms with van der Waals surface area (Å²) in [5.41, 5.74) is -0.0889. The molecule has 4 aromatic rings. The van der Waals surface area contributed by atoms with Crippen molar-refractivity contribution in [2.24, 2.45) is 0 Å². The fourth-order valence-corrected chi connectivity index (χ4v) is 4.23. The van der Waals surface area contributed by atoms with E-state index in [-0.39, 0.29) is 22.0 Å². The van der Waals surface area contributed by atoms with Gasteiger partial charge in [0.25, 0.3) is 5.56 Å². The molecule has 1 aliphatic heterocycles. The highest BCUT2D eigenvalue weighted by molar-refractivity contribution is 6.03. The lowest BCUT2D eigenvalue weighted by atomic mass is 9.93. The number of H-pyrrole nitrogens is 1. The Balaban J connectivity index is 1.87. The monoisotopic (exact) mass is 437 g/mol. The Labute approximate surface area is 180 Å². The molecule has 0 unspecified atom stereocenters. The Kier molecular flexibility index (Phi) is 4.74. The van der Waals surface area contributed by atoms with Crippen LogP contribution in [0.15, 0.2) is 59.7 Å². The Bertz CT molecular complexity index is 1450. The first-order valence-corrected chi connectivity index (χ1v) is 10.1. The number of nitrogens with zero attached hydrogens (tertiary/aromatic N) is 1. The number of fused-ring (bicyclic) bond motifs is 2. The highest BCUT2D eigenvalue weighted by Crippen LogP contribution is 2.41. The van der Waals surface area contributed by atoms with Crippen LogP contribution in [0.4, 0.5) is 13.2 Å². The van der Waals surface area contributed by atoms with Crippen LogP contribution in [0.1, 0.15) is 17.5 Å². The molecule has 0 saturated carbocycles. The minimum Gasteiger partial charge on any atom is -0.506 e. The van der Waals surface area contributed by atoms with Crippen LogP contribution in [0.3, 0.4) is 0 Å². The van der Waals surface area contributed by atoms with Gasteiger partial charge in [-0.3, -0.25) is 9.78 Å². The SMILES string of the molecule is O=c1[nH]c2c(C3=CCNCC3)cc(C(F)(F)F)cc2c(O)c1-c1cncc2ccccc12. The molecule has 0 amide bonds. The lowest BCUT2D eigenvalue weighted by Crippen LogP contribution is -2.20. The summed E-state index contributed by atoms with van der Waals surface area (Å²) in [6.07, 6.45) is 0.752. The number of aromatic hydroxyl groups is 1. The van der Waals surface area contributed by atoms with Crippen molar-refractivity contribution < 1.29 is 18.3 Å². The molecule has 1 aliphatic rings. The number of hydrogen-bond donors (Lipinski definition) is 3. The van der Waals surface area contributed by atoms with Crippen LogP contribution in [0.2, 0.25) is 0 Å². The lowest BCUT2D eigenvalue weighted by molar-refractivity contribution is -0.137. The molecule has 0 saturated heterocycles. The van der Waals surface area contributed by atoms with Crippen molar-refractivity contribution >= 4 is 27.2 Å². The van der Waals surface area contributed by atoms with E-state index in [1.807, 2.05) is 12.1 Å². The molecule has 0 bridgehead atoms. The average molecular weight is 437 g/mol. The largest absolute Gasteiger partial charge is 0.506 e. The molecular formula is C24H18F3N3O2. The van der Waals surface area contributed by atoms with Crippen molar-refractivity contribution in [3.63, 3.8) is 0 Å². The van der Waals surface area contributed by atoms with Crippen LogP contribution in [-0.2, 0) is 6.18 Å². The molecule has 8 heteroatoms. The Morgan fingerprint density at radius 1 is 1.03 bits per heavy atom. The zero-order valence-electron chi connectivity index (χ0n) is 16.8. The van der Waals surface area contributed by atoms with Gasteiger partial charge in [0.15, 0.2) is 0 Å². The van der Waals surface area contributed by atoms with E-state index in [0.29, 0.717) is 36.0 Å². The fraction of sp³-hybridized carbons (Fsp3) is 0.167. The summed E-state index contributed by atoms with van der Waals surface area (Å²) in [7, 11) is 0. The Morgan fingerprint density at radius 2 is 1.84 bits per heavy atom. The van der Waals surface area contributed by atoms with Gasteiger partial charge >= 0.3 is 6.18 Å². The molecule has 3 heterocycles. The standard InChI is InChI=1S/C24H18F3N3O2/c25-24(26,27)15-9-17(13-5-7-28-8-6-13)21-18(10-15)22(31)20(23(32)30-21)19-12-29-11-14-3-1-2-4-16(14)19/h1-5,9-12,28H,6-8H2,(H2,30,31,32). The first-order valence-electron chi connectivity index (χ1n) is 10.1. The van der Waals surface area contributed by atoms with E-state index in [1.54, 1.807) is 24.4 Å². The molecule has 32 heavy (non-hydrogen) atoms. The van der Waals surface area contributed by atoms with E-state index >= 15 is 0 Å². The zero-order chi connectivity index (χ0) is 22.5. The molecule has 2 aromatic heterocycles. The van der Waals surface area contributed by atoms with Crippen LogP contribution in [0.25, 0.3) is 38.4 Å². The first-order chi connectivity index (χ1) is 15.3. The number of pyridine rings is 2. The molecule has 0 spiro atoms. The van der Waals surface area contributed by atoms with Crippen molar-refractivity contribution in [1.82, 2.24) is 15.3 Å². The first kappa shape index (κ1) is 20.3. The number of rotatable bonds is 2. The molecule has 3 N–H and O–H groups in total. The summed E-state index contributed by atoms with van der Waals surface area (Å²) in [5, 5.41) is 15.6. The topological polar surface area (TPSA) is 78.0 Å². The van der Waals surface area contributed by atoms with Gasteiger partial charge in [0.2, 0.25) is 0 Å². The van der Waals surface area contributed by atoms with E-state index in [0.717, 1.165) is 17.5 Å². The van der Waals surface area contributed by atoms with E-state index in [9.17, 15) is 23.1 Å². The van der Waals surface area contributed by atoms with Crippen LogP contribution >= 0.6 is 0 Å². The molecule has 5 nitrogen and oxygen atoms in total. The minimum absolute atomic E-state index is 0.0585. The average Bonchev–Trinajstić information content (AvgIpc) is 2.78. The quantitative estimate of drug-likeness (QED) is 0.419. The van der Waals surface area contributed by atoms with Gasteiger partial charge in [-0.05, 0) is 36.1 Å². The summed E-state index contributed by atoms with van der Waals surface area (Å²) in [6.45, 7) is 1.13. The number of nitrogens with one attached hydrogen (secondary N) is 2. The van der Waals surface area contributed by atoms with Gasteiger partial charge in [0.1, 0.15) is 5.75 Å². The van der Waals surface area contributed by atoms with E-state index in [1.165, 1.54) is 6.20 Å². The van der Waals surface area contributed by atoms with E-state index in [2.05, 4.69) is 15.3 Å². The van der Waals surface area contributed by atoms with Crippen molar-refractivity contribution in [2.45, 2.75) is 12.6 Å². The third-order valence-corrected chi connectivity index (χ3v) is 5.77. The Morgan fingerprint density at radius 3 is 2.59 bits per heavy atom. The second-order valence-electron chi connectivity index (χ2n) is 7.71. The number of alkyl halides is 3. The van der Waals surface area contributed by atoms with Crippen LogP contribution in [-0.4, -0.2) is 28.2 Å². The molecule has 0 radical (unpaired) electrons. The van der Waals surface area contributed by atoms with Gasteiger partial charge in [-0.15, -0.1) is 0 Å². The van der Waals surface area contributed by atoms with Gasteiger partial charge in [-0.2, -0.15) is 13.2 Å². The summed E-state index contributed by atoms with van der Waals surface area (Å²) in [5.74, 6) is -0.496. The molecule has 162 valence electrons. The van der Waals surface area contributed by atoms with Crippen LogP contribution in [0, 0.1) is 0 Å². The zero-order valence-corrected chi connectivity index (χ0v) is 16.8. The maximum absolute atomic E-state index is 13.7. The second-order valence-corrected chi connectivity index (χ2v) is 7.71. The molecule has 0 aliphatic carbocycles. The Hall–Kier alpha value is -3.65. The maximum atomic E-state index is 13.7. The summed E-state index contributed by atoms with van der Waals surface area (Å²) in [4.78, 5) is 20.0. The smallest absolute Gasteiger partial charge is 0.416 e. The molecule has 0 atom stereocenters. The summed E-state index contributed by atoms with van der Waals surface area (Å²) in [6, 6.07) is 9.09. The van der Waals surface area contributed by atoms with Crippen LogP contribution < -0.4 is 10.9 Å². The molecular weight excluding hydrogens is 419 g/mol. The second kappa shape index (κ2) is 7.49. The van der Waals surface area contributed by atoms with E-state index < -0.39 is 23.0 Å². The van der Waals surface area contributed by atoms with Crippen molar-refractivity contribution in [3.05, 3.63) is 76.3 Å². The number of benzene rings is 2. The van der Waals surface area contributed by atoms with Crippen molar-refractivity contribution in [3.8, 4) is 16.9 Å². The molecule has 2 aromatic carbocycles. The van der Waals surface area contributed by atoms with Crippen LogP contribution in [0.5, 0.6) is 5.75 Å².